The number of Topliss-reactive ketones (excluding diaryl/α,β-unsaturated/α-hetero) is 1. The molecule has 0 spiro atoms. The van der Waals surface area contributed by atoms with Crippen molar-refractivity contribution in [2.75, 3.05) is 13.2 Å². The van der Waals surface area contributed by atoms with Gasteiger partial charge in [0, 0.05) is 12.5 Å². The van der Waals surface area contributed by atoms with Crippen LogP contribution in [0.25, 0.3) is 0 Å². The Morgan fingerprint density at radius 3 is 2.60 bits per heavy atom. The van der Waals surface area contributed by atoms with Gasteiger partial charge in [0.05, 0.1) is 12.6 Å². The van der Waals surface area contributed by atoms with E-state index in [1.54, 1.807) is 6.92 Å². The van der Waals surface area contributed by atoms with Gasteiger partial charge < -0.3 is 14.7 Å². The molecule has 25 heavy (non-hydrogen) atoms. The average molecular weight is 355 g/mol. The molecule has 0 saturated carbocycles. The van der Waals surface area contributed by atoms with Crippen molar-refractivity contribution in [3.63, 3.8) is 0 Å². The fourth-order valence-electron chi connectivity index (χ4n) is 3.02. The topological polar surface area (TPSA) is 83.9 Å². The molecule has 2 atom stereocenters. The van der Waals surface area contributed by atoms with Gasteiger partial charge in [-0.15, -0.1) is 0 Å². The van der Waals surface area contributed by atoms with Crippen molar-refractivity contribution in [2.45, 2.75) is 32.2 Å². The predicted octanol–water partition coefficient (Wildman–Crippen LogP) is 2.92. The van der Waals surface area contributed by atoms with Crippen molar-refractivity contribution in [3.05, 3.63) is 35.4 Å². The van der Waals surface area contributed by atoms with Crippen molar-refractivity contribution in [1.82, 2.24) is 4.90 Å². The number of hydrogen-bond donors (Lipinski definition) is 1. The molecule has 1 amide bonds. The van der Waals surface area contributed by atoms with Gasteiger partial charge in [0.2, 0.25) is 0 Å². The zero-order valence-corrected chi connectivity index (χ0v) is 13.7. The number of rotatable bonds is 5. The number of carboxylic acid groups (broad SMARTS) is 1. The highest BCUT2D eigenvalue weighted by molar-refractivity contribution is 5.96. The lowest BCUT2D eigenvalue weighted by atomic mass is 9.84. The van der Waals surface area contributed by atoms with Gasteiger partial charge in [0.25, 0.3) is 0 Å². The number of carbonyl (C=O) groups excluding carboxylic acids is 2. The minimum Gasteiger partial charge on any atom is -0.466 e. The van der Waals surface area contributed by atoms with E-state index in [0.29, 0.717) is 0 Å². The normalized spacial score (nSPS) is 20.2. The van der Waals surface area contributed by atoms with Crippen LogP contribution in [0.3, 0.4) is 0 Å². The average Bonchev–Trinajstić information content (AvgIpc) is 2.56. The second-order valence-electron chi connectivity index (χ2n) is 5.83. The number of likely N-dealkylation sites (tertiary alicyclic amines) is 1. The van der Waals surface area contributed by atoms with Gasteiger partial charge in [-0.1, -0.05) is 6.07 Å². The molecule has 0 aromatic heterocycles. The van der Waals surface area contributed by atoms with Crippen molar-refractivity contribution < 1.29 is 33.0 Å². The Balaban J connectivity index is 2.18. The van der Waals surface area contributed by atoms with Gasteiger partial charge in [-0.3, -0.25) is 9.59 Å². The molecular formula is C17H19F2NO5. The highest BCUT2D eigenvalue weighted by Crippen LogP contribution is 2.35. The number of hydrogen-bond acceptors (Lipinski definition) is 4. The van der Waals surface area contributed by atoms with E-state index in [2.05, 4.69) is 0 Å². The van der Waals surface area contributed by atoms with E-state index < -0.39 is 35.7 Å². The van der Waals surface area contributed by atoms with Crippen LogP contribution in [-0.2, 0) is 14.3 Å². The van der Waals surface area contributed by atoms with Gasteiger partial charge in [0.15, 0.2) is 11.6 Å². The summed E-state index contributed by atoms with van der Waals surface area (Å²) in [6.45, 7) is 1.87. The number of ether oxygens (including phenoxy) is 1. The van der Waals surface area contributed by atoms with Crippen LogP contribution < -0.4 is 0 Å². The summed E-state index contributed by atoms with van der Waals surface area (Å²) >= 11 is 0. The Hall–Kier alpha value is -2.51. The summed E-state index contributed by atoms with van der Waals surface area (Å²) in [6, 6.07) is 2.39. The number of esters is 1. The molecule has 1 aromatic rings. The fourth-order valence-corrected chi connectivity index (χ4v) is 3.02. The molecule has 1 N–H and O–H groups in total. The van der Waals surface area contributed by atoms with Crippen LogP contribution >= 0.6 is 0 Å². The molecule has 0 radical (unpaired) electrons. The van der Waals surface area contributed by atoms with E-state index in [9.17, 15) is 28.3 Å². The molecule has 2 rings (SSSR count). The van der Waals surface area contributed by atoms with Crippen LogP contribution in [0.2, 0.25) is 0 Å². The zero-order valence-electron chi connectivity index (χ0n) is 13.7. The van der Waals surface area contributed by atoms with E-state index in [0.717, 1.165) is 17.0 Å². The molecule has 0 aliphatic carbocycles. The summed E-state index contributed by atoms with van der Waals surface area (Å²) in [5, 5.41) is 9.33. The Morgan fingerprint density at radius 2 is 2.00 bits per heavy atom. The molecule has 8 heteroatoms. The van der Waals surface area contributed by atoms with Gasteiger partial charge in [0.1, 0.15) is 12.2 Å². The van der Waals surface area contributed by atoms with E-state index in [1.807, 2.05) is 0 Å². The van der Waals surface area contributed by atoms with Crippen LogP contribution in [0.1, 0.15) is 37.8 Å². The molecule has 1 saturated heterocycles. The first kappa shape index (κ1) is 18.8. The van der Waals surface area contributed by atoms with Crippen LogP contribution in [0.4, 0.5) is 13.6 Å². The number of amides is 1. The minimum absolute atomic E-state index is 0.0677. The number of piperidine rings is 1. The van der Waals surface area contributed by atoms with Gasteiger partial charge in [-0.05, 0) is 37.5 Å². The number of nitrogens with zero attached hydrogens (tertiary/aromatic N) is 1. The Bertz CT molecular complexity index is 679. The molecule has 136 valence electrons. The van der Waals surface area contributed by atoms with Crippen molar-refractivity contribution in [2.24, 2.45) is 5.92 Å². The molecule has 1 aromatic carbocycles. The lowest BCUT2D eigenvalue weighted by Gasteiger charge is -2.37. The summed E-state index contributed by atoms with van der Waals surface area (Å²) < 4.78 is 31.4. The summed E-state index contributed by atoms with van der Waals surface area (Å²) in [5.74, 6) is -3.62. The maximum Gasteiger partial charge on any atom is 0.407 e. The van der Waals surface area contributed by atoms with E-state index in [4.69, 9.17) is 4.74 Å². The molecule has 0 bridgehead atoms. The largest absolute Gasteiger partial charge is 0.466 e. The molecule has 1 aliphatic heterocycles. The second kappa shape index (κ2) is 8.04. The van der Waals surface area contributed by atoms with Crippen LogP contribution in [-0.4, -0.2) is 41.0 Å². The molecule has 1 heterocycles. The first-order valence-corrected chi connectivity index (χ1v) is 7.96. The van der Waals surface area contributed by atoms with E-state index in [1.165, 1.54) is 6.07 Å². The Labute approximate surface area is 143 Å². The first-order valence-electron chi connectivity index (χ1n) is 7.96. The highest BCUT2D eigenvalue weighted by atomic mass is 19.2. The van der Waals surface area contributed by atoms with Crippen molar-refractivity contribution in [1.29, 1.82) is 0 Å². The summed E-state index contributed by atoms with van der Waals surface area (Å²) in [7, 11) is 0. The summed E-state index contributed by atoms with van der Waals surface area (Å²) in [4.78, 5) is 36.2. The lowest BCUT2D eigenvalue weighted by Crippen LogP contribution is -2.42. The van der Waals surface area contributed by atoms with Gasteiger partial charge in [-0.2, -0.15) is 0 Å². The van der Waals surface area contributed by atoms with Crippen LogP contribution in [0.15, 0.2) is 18.2 Å². The first-order chi connectivity index (χ1) is 11.8. The number of carbonyl (C=O) groups is 3. The fraction of sp³-hybridized carbons (Fsp3) is 0.471. The van der Waals surface area contributed by atoms with Crippen LogP contribution in [0.5, 0.6) is 0 Å². The van der Waals surface area contributed by atoms with Gasteiger partial charge in [-0.25, -0.2) is 13.6 Å². The maximum absolute atomic E-state index is 13.5. The van der Waals surface area contributed by atoms with Gasteiger partial charge >= 0.3 is 12.1 Å². The van der Waals surface area contributed by atoms with Crippen molar-refractivity contribution in [3.8, 4) is 0 Å². The molecule has 1 aliphatic rings. The Kier molecular flexibility index (Phi) is 6.06. The SMILES string of the molecule is CCOC(=O)CC(=O)C1CCN(C(=O)O)C(c2ccc(F)c(F)c2)C1. The third kappa shape index (κ3) is 4.52. The number of ketones is 1. The zero-order chi connectivity index (χ0) is 18.6. The monoisotopic (exact) mass is 355 g/mol. The Morgan fingerprint density at radius 1 is 1.28 bits per heavy atom. The quantitative estimate of drug-likeness (QED) is 0.648. The maximum atomic E-state index is 13.5. The molecule has 2 unspecified atom stereocenters. The third-order valence-electron chi connectivity index (χ3n) is 4.26. The number of halogens is 2. The molecular weight excluding hydrogens is 336 g/mol. The van der Waals surface area contributed by atoms with Crippen LogP contribution in [0, 0.1) is 17.6 Å². The minimum atomic E-state index is -1.20. The summed E-state index contributed by atoms with van der Waals surface area (Å²) in [5.41, 5.74) is 0.273. The predicted molar refractivity (Wildman–Crippen MR) is 82.8 cm³/mol. The summed E-state index contributed by atoms with van der Waals surface area (Å²) in [6.07, 6.45) is -1.21. The smallest absolute Gasteiger partial charge is 0.407 e. The van der Waals surface area contributed by atoms with E-state index >= 15 is 0 Å². The highest BCUT2D eigenvalue weighted by Gasteiger charge is 2.36. The lowest BCUT2D eigenvalue weighted by molar-refractivity contribution is -0.146. The second-order valence-corrected chi connectivity index (χ2v) is 5.83. The number of benzene rings is 1. The third-order valence-corrected chi connectivity index (χ3v) is 4.26. The standard InChI is InChI=1S/C17H19F2NO5/c1-2-25-16(22)9-15(21)11-5-6-20(17(23)24)14(8-11)10-3-4-12(18)13(19)7-10/h3-4,7,11,14H,2,5-6,8-9H2,1H3,(H,23,24). The molecule has 1 fully saturated rings. The van der Waals surface area contributed by atoms with Crippen molar-refractivity contribution >= 4 is 17.8 Å². The molecule has 6 nitrogen and oxygen atoms in total. The van der Waals surface area contributed by atoms with E-state index in [-0.39, 0.29) is 43.8 Å².